The first-order valence-electron chi connectivity index (χ1n) is 11.4. The Morgan fingerprint density at radius 1 is 1.12 bits per heavy atom. The summed E-state index contributed by atoms with van der Waals surface area (Å²) in [6.45, 7) is 4.27. The van der Waals surface area contributed by atoms with Gasteiger partial charge in [-0.25, -0.2) is 4.99 Å². The zero-order valence-electron chi connectivity index (χ0n) is 18.8. The minimum Gasteiger partial charge on any atom is -0.367 e. The van der Waals surface area contributed by atoms with Crippen molar-refractivity contribution in [1.29, 1.82) is 0 Å². The van der Waals surface area contributed by atoms with E-state index in [-0.39, 0.29) is 30.6 Å². The van der Waals surface area contributed by atoms with E-state index in [4.69, 9.17) is 9.73 Å². The molecule has 0 atom stereocenters. The van der Waals surface area contributed by atoms with Gasteiger partial charge in [0.1, 0.15) is 6.61 Å². The van der Waals surface area contributed by atoms with Crippen molar-refractivity contribution in [3.63, 3.8) is 0 Å². The highest BCUT2D eigenvalue weighted by atomic mass is 127. The van der Waals surface area contributed by atoms with Crippen LogP contribution in [0.4, 0.5) is 13.2 Å². The second-order valence-electron chi connectivity index (χ2n) is 8.52. The molecule has 1 saturated carbocycles. The molecule has 2 aliphatic rings. The van der Waals surface area contributed by atoms with Gasteiger partial charge in [0.2, 0.25) is 0 Å². The Hall–Kier alpha value is -1.07. The van der Waals surface area contributed by atoms with Crippen molar-refractivity contribution in [2.45, 2.75) is 76.9 Å². The van der Waals surface area contributed by atoms with Crippen molar-refractivity contribution in [1.82, 2.24) is 15.5 Å². The van der Waals surface area contributed by atoms with E-state index < -0.39 is 12.8 Å². The lowest BCUT2D eigenvalue weighted by atomic mass is 10.0. The van der Waals surface area contributed by atoms with Gasteiger partial charge in [0, 0.05) is 31.7 Å². The largest absolute Gasteiger partial charge is 0.411 e. The number of benzene rings is 1. The molecule has 0 unspecified atom stereocenters. The summed E-state index contributed by atoms with van der Waals surface area (Å²) in [5, 5.41) is 6.87. The smallest absolute Gasteiger partial charge is 0.367 e. The fourth-order valence-electron chi connectivity index (χ4n) is 4.46. The molecule has 32 heavy (non-hydrogen) atoms. The van der Waals surface area contributed by atoms with Crippen LogP contribution < -0.4 is 10.6 Å². The van der Waals surface area contributed by atoms with Crippen molar-refractivity contribution in [3.05, 3.63) is 35.4 Å². The number of hydrogen-bond donors (Lipinski definition) is 2. The normalized spacial score (nSPS) is 19.1. The first kappa shape index (κ1) is 27.2. The molecular weight excluding hydrogens is 532 g/mol. The van der Waals surface area contributed by atoms with Crippen LogP contribution in [-0.2, 0) is 17.9 Å². The van der Waals surface area contributed by atoms with Gasteiger partial charge >= 0.3 is 6.18 Å². The molecule has 1 heterocycles. The Kier molecular flexibility index (Phi) is 11.5. The highest BCUT2D eigenvalue weighted by Crippen LogP contribution is 2.26. The van der Waals surface area contributed by atoms with Crippen LogP contribution in [-0.4, -0.2) is 55.4 Å². The van der Waals surface area contributed by atoms with Crippen LogP contribution in [0.25, 0.3) is 0 Å². The summed E-state index contributed by atoms with van der Waals surface area (Å²) in [5.74, 6) is 0.792. The summed E-state index contributed by atoms with van der Waals surface area (Å²) in [5.41, 5.74) is 1.66. The van der Waals surface area contributed by atoms with Gasteiger partial charge in [-0.05, 0) is 43.7 Å². The third-order valence-corrected chi connectivity index (χ3v) is 6.00. The number of hydrogen-bond acceptors (Lipinski definition) is 3. The molecule has 1 saturated heterocycles. The quantitative estimate of drug-likeness (QED) is 0.268. The van der Waals surface area contributed by atoms with E-state index in [1.54, 1.807) is 6.07 Å². The summed E-state index contributed by atoms with van der Waals surface area (Å²) in [4.78, 5) is 7.35. The van der Waals surface area contributed by atoms with Crippen LogP contribution >= 0.6 is 24.0 Å². The van der Waals surface area contributed by atoms with Gasteiger partial charge < -0.3 is 20.3 Å². The van der Waals surface area contributed by atoms with Crippen molar-refractivity contribution in [2.75, 3.05) is 26.2 Å². The third-order valence-electron chi connectivity index (χ3n) is 6.00. The molecule has 0 amide bonds. The van der Waals surface area contributed by atoms with E-state index in [9.17, 15) is 13.2 Å². The van der Waals surface area contributed by atoms with Crippen molar-refractivity contribution >= 4 is 29.9 Å². The van der Waals surface area contributed by atoms with E-state index >= 15 is 0 Å². The highest BCUT2D eigenvalue weighted by Gasteiger charge is 2.28. The maximum absolute atomic E-state index is 12.3. The predicted molar refractivity (Wildman–Crippen MR) is 132 cm³/mol. The van der Waals surface area contributed by atoms with E-state index in [0.29, 0.717) is 18.2 Å². The number of nitrogens with one attached hydrogen (secondary N) is 2. The molecular formula is C23H36F3IN4O. The summed E-state index contributed by atoms with van der Waals surface area (Å²) < 4.78 is 41.5. The molecule has 1 aliphatic heterocycles. The van der Waals surface area contributed by atoms with Crippen LogP contribution in [0.2, 0.25) is 0 Å². The Labute approximate surface area is 206 Å². The maximum atomic E-state index is 12.3. The summed E-state index contributed by atoms with van der Waals surface area (Å²) in [7, 11) is 0. The number of aliphatic imine (C=N–C) groups is 1. The molecule has 3 rings (SSSR count). The second kappa shape index (κ2) is 13.6. The van der Waals surface area contributed by atoms with Gasteiger partial charge in [-0.15, -0.1) is 24.0 Å². The monoisotopic (exact) mass is 568 g/mol. The average molecular weight is 568 g/mol. The van der Waals surface area contributed by atoms with Gasteiger partial charge in [-0.1, -0.05) is 37.1 Å². The van der Waals surface area contributed by atoms with Gasteiger partial charge in [0.05, 0.1) is 13.2 Å². The van der Waals surface area contributed by atoms with Crippen LogP contribution in [0, 0.1) is 0 Å². The number of piperidine rings is 1. The summed E-state index contributed by atoms with van der Waals surface area (Å²) in [6, 6.07) is 8.58. The molecule has 5 nitrogen and oxygen atoms in total. The summed E-state index contributed by atoms with van der Waals surface area (Å²) >= 11 is 0. The van der Waals surface area contributed by atoms with Gasteiger partial charge in [-0.2, -0.15) is 13.2 Å². The minimum absolute atomic E-state index is 0. The van der Waals surface area contributed by atoms with Crippen LogP contribution in [0.15, 0.2) is 29.3 Å². The maximum Gasteiger partial charge on any atom is 0.411 e. The molecule has 0 radical (unpaired) electrons. The zero-order valence-corrected chi connectivity index (χ0v) is 21.1. The molecule has 2 fully saturated rings. The Morgan fingerprint density at radius 2 is 1.81 bits per heavy atom. The SMILES string of the molecule is CCNC(=NCc1cccc(COCC(F)(F)F)c1)NC1CCN(C2CCCC2)CC1.I. The van der Waals surface area contributed by atoms with Crippen molar-refractivity contribution < 1.29 is 17.9 Å². The number of alkyl halides is 3. The van der Waals surface area contributed by atoms with Crippen molar-refractivity contribution in [3.8, 4) is 0 Å². The average Bonchev–Trinajstić information content (AvgIpc) is 3.27. The van der Waals surface area contributed by atoms with Crippen LogP contribution in [0.5, 0.6) is 0 Å². The van der Waals surface area contributed by atoms with Crippen molar-refractivity contribution in [2.24, 2.45) is 4.99 Å². The van der Waals surface area contributed by atoms with Gasteiger partial charge in [-0.3, -0.25) is 0 Å². The molecule has 9 heteroatoms. The topological polar surface area (TPSA) is 48.9 Å². The molecule has 2 N–H and O–H groups in total. The predicted octanol–water partition coefficient (Wildman–Crippen LogP) is 4.85. The Balaban J connectivity index is 0.00000363. The second-order valence-corrected chi connectivity index (χ2v) is 8.52. The fourth-order valence-corrected chi connectivity index (χ4v) is 4.46. The van der Waals surface area contributed by atoms with E-state index in [2.05, 4.69) is 15.5 Å². The number of ether oxygens (including phenoxy) is 1. The van der Waals surface area contributed by atoms with Crippen LogP contribution in [0.1, 0.15) is 56.6 Å². The number of rotatable bonds is 8. The number of likely N-dealkylation sites (tertiary alicyclic amines) is 1. The number of nitrogens with zero attached hydrogens (tertiary/aromatic N) is 2. The van der Waals surface area contributed by atoms with E-state index in [1.807, 2.05) is 25.1 Å². The molecule has 1 aromatic rings. The third kappa shape index (κ3) is 9.43. The Morgan fingerprint density at radius 3 is 2.47 bits per heavy atom. The van der Waals surface area contributed by atoms with E-state index in [0.717, 1.165) is 50.0 Å². The lowest BCUT2D eigenvalue weighted by Crippen LogP contribution is -2.50. The molecule has 0 bridgehead atoms. The minimum atomic E-state index is -4.30. The number of guanidine groups is 1. The summed E-state index contributed by atoms with van der Waals surface area (Å²) in [6.07, 6.45) is 3.37. The lowest BCUT2D eigenvalue weighted by Gasteiger charge is -2.36. The van der Waals surface area contributed by atoms with E-state index in [1.165, 1.54) is 25.7 Å². The first-order chi connectivity index (χ1) is 14.9. The zero-order chi connectivity index (χ0) is 22.1. The fraction of sp³-hybridized carbons (Fsp3) is 0.696. The molecule has 182 valence electrons. The lowest BCUT2D eigenvalue weighted by molar-refractivity contribution is -0.176. The van der Waals surface area contributed by atoms with Crippen LogP contribution in [0.3, 0.4) is 0 Å². The van der Waals surface area contributed by atoms with Gasteiger partial charge in [0.15, 0.2) is 5.96 Å². The standard InChI is InChI=1S/C23H35F3N4O.HI/c1-2-27-22(29-20-10-12-30(13-11-20)21-8-3-4-9-21)28-15-18-6-5-7-19(14-18)16-31-17-23(24,25)26;/h5-7,14,20-21H,2-4,8-13,15-17H2,1H3,(H2,27,28,29);1H. The number of halogens is 4. The highest BCUT2D eigenvalue weighted by molar-refractivity contribution is 14.0. The first-order valence-corrected chi connectivity index (χ1v) is 11.4. The molecule has 1 aromatic carbocycles. The molecule has 0 aromatic heterocycles. The van der Waals surface area contributed by atoms with Gasteiger partial charge in [0.25, 0.3) is 0 Å². The molecule has 1 aliphatic carbocycles. The Bertz CT molecular complexity index is 703. The molecule has 0 spiro atoms.